The predicted molar refractivity (Wildman–Crippen MR) is 38.0 cm³/mol. The van der Waals surface area contributed by atoms with E-state index in [4.69, 9.17) is 5.26 Å². The van der Waals surface area contributed by atoms with E-state index in [9.17, 15) is 9.59 Å². The molecule has 0 aromatic carbocycles. The van der Waals surface area contributed by atoms with Crippen molar-refractivity contribution in [1.82, 2.24) is 10.6 Å². The zero-order chi connectivity index (χ0) is 8.43. The van der Waals surface area contributed by atoms with Crippen LogP contribution in [0.4, 0.5) is 0 Å². The Morgan fingerprint density at radius 3 is 2.18 bits per heavy atom. The quantitative estimate of drug-likeness (QED) is 0.347. The van der Waals surface area contributed by atoms with Gasteiger partial charge in [-0.15, -0.1) is 0 Å². The summed E-state index contributed by atoms with van der Waals surface area (Å²) in [5.74, 6) is -2.61. The fraction of sp³-hybridized carbons (Fsp3) is 0.200. The van der Waals surface area contributed by atoms with Crippen molar-refractivity contribution in [3.63, 3.8) is 0 Å². The molecule has 6 heteroatoms. The van der Waals surface area contributed by atoms with Crippen LogP contribution in [-0.2, 0) is 9.59 Å². The van der Waals surface area contributed by atoms with Crippen molar-refractivity contribution >= 4 is 29.1 Å². The number of hydrogen-bond acceptors (Lipinski definition) is 4. The molecule has 1 heterocycles. The second-order valence-corrected chi connectivity index (χ2v) is 2.28. The molecule has 11 heavy (non-hydrogen) atoms. The molecule has 0 saturated carbocycles. The number of nitriles is 1. The molecule has 0 bridgehead atoms. The minimum Gasteiger partial charge on any atom is -0.301 e. The average molecular weight is 169 g/mol. The van der Waals surface area contributed by atoms with Gasteiger partial charge in [0.05, 0.1) is 6.07 Å². The van der Waals surface area contributed by atoms with Crippen molar-refractivity contribution < 1.29 is 9.59 Å². The smallest absolute Gasteiger partial charge is 0.253 e. The number of rotatable bonds is 0. The zero-order valence-corrected chi connectivity index (χ0v) is 6.07. The molecule has 1 fully saturated rings. The molecular formula is C5H3N3O2S. The second-order valence-electron chi connectivity index (χ2n) is 1.87. The van der Waals surface area contributed by atoms with E-state index in [1.807, 2.05) is 0 Å². The Hall–Kier alpha value is -1.48. The lowest BCUT2D eigenvalue weighted by molar-refractivity contribution is -0.132. The van der Waals surface area contributed by atoms with Gasteiger partial charge in [0.15, 0.2) is 5.11 Å². The third-order valence-electron chi connectivity index (χ3n) is 1.13. The maximum atomic E-state index is 10.8. The molecule has 1 aliphatic rings. The van der Waals surface area contributed by atoms with Gasteiger partial charge in [0.1, 0.15) is 0 Å². The fourth-order valence-corrected chi connectivity index (χ4v) is 0.837. The van der Waals surface area contributed by atoms with Gasteiger partial charge in [-0.3, -0.25) is 9.59 Å². The first-order valence-electron chi connectivity index (χ1n) is 2.70. The normalized spacial score (nSPS) is 18.6. The molecule has 2 N–H and O–H groups in total. The summed E-state index contributed by atoms with van der Waals surface area (Å²) in [6, 6.07) is 1.54. The van der Waals surface area contributed by atoms with Crippen LogP contribution in [0, 0.1) is 17.2 Å². The van der Waals surface area contributed by atoms with Crippen LogP contribution in [0.15, 0.2) is 0 Å². The molecule has 1 aliphatic heterocycles. The van der Waals surface area contributed by atoms with Crippen LogP contribution in [-0.4, -0.2) is 16.9 Å². The Labute approximate surface area is 67.4 Å². The van der Waals surface area contributed by atoms with E-state index in [1.54, 1.807) is 6.07 Å². The molecule has 0 spiro atoms. The van der Waals surface area contributed by atoms with Gasteiger partial charge in [-0.25, -0.2) is 0 Å². The first kappa shape index (κ1) is 7.63. The molecule has 0 aliphatic carbocycles. The van der Waals surface area contributed by atoms with E-state index in [2.05, 4.69) is 22.9 Å². The Morgan fingerprint density at radius 2 is 1.82 bits per heavy atom. The topological polar surface area (TPSA) is 82.0 Å². The lowest BCUT2D eigenvalue weighted by Gasteiger charge is -2.16. The molecule has 0 unspecified atom stereocenters. The van der Waals surface area contributed by atoms with Crippen molar-refractivity contribution in [2.24, 2.45) is 5.92 Å². The highest BCUT2D eigenvalue weighted by molar-refractivity contribution is 7.80. The molecule has 0 aromatic heterocycles. The van der Waals surface area contributed by atoms with Gasteiger partial charge >= 0.3 is 0 Å². The van der Waals surface area contributed by atoms with Crippen LogP contribution in [0.25, 0.3) is 0 Å². The maximum Gasteiger partial charge on any atom is 0.253 e. The summed E-state index contributed by atoms with van der Waals surface area (Å²) >= 11 is 4.49. The van der Waals surface area contributed by atoms with E-state index in [0.29, 0.717) is 0 Å². The standard InChI is InChI=1S/C5H3N3O2S/c6-1-2-3(9)7-5(11)8-4(2)10/h2H,(H2,7,8,9,10,11). The number of carbonyl (C=O) groups excluding carboxylic acids is 2. The third kappa shape index (κ3) is 1.33. The summed E-state index contributed by atoms with van der Waals surface area (Å²) in [6.07, 6.45) is 0. The summed E-state index contributed by atoms with van der Waals surface area (Å²) in [5, 5.41) is 12.6. The first-order chi connectivity index (χ1) is 5.15. The number of thiocarbonyl (C=S) groups is 1. The minimum atomic E-state index is -1.28. The number of carbonyl (C=O) groups is 2. The van der Waals surface area contributed by atoms with Crippen LogP contribution in [0.5, 0.6) is 0 Å². The number of amides is 2. The van der Waals surface area contributed by atoms with E-state index in [0.717, 1.165) is 0 Å². The Balaban J connectivity index is 2.85. The van der Waals surface area contributed by atoms with Crippen LogP contribution in [0.3, 0.4) is 0 Å². The molecule has 1 rings (SSSR count). The van der Waals surface area contributed by atoms with Crippen LogP contribution in [0.1, 0.15) is 0 Å². The van der Waals surface area contributed by atoms with Crippen LogP contribution < -0.4 is 10.6 Å². The predicted octanol–water partition coefficient (Wildman–Crippen LogP) is -1.34. The monoisotopic (exact) mass is 169 g/mol. The van der Waals surface area contributed by atoms with E-state index in [-0.39, 0.29) is 5.11 Å². The Morgan fingerprint density at radius 1 is 1.36 bits per heavy atom. The van der Waals surface area contributed by atoms with Gasteiger partial charge in [-0.2, -0.15) is 5.26 Å². The molecule has 2 amide bonds. The second kappa shape index (κ2) is 2.64. The number of nitrogens with zero attached hydrogens (tertiary/aromatic N) is 1. The maximum absolute atomic E-state index is 10.8. The largest absolute Gasteiger partial charge is 0.301 e. The highest BCUT2D eigenvalue weighted by Gasteiger charge is 2.32. The first-order valence-corrected chi connectivity index (χ1v) is 3.11. The SMILES string of the molecule is N#CC1C(=O)NC(=S)NC1=O. The van der Waals surface area contributed by atoms with Crippen molar-refractivity contribution in [1.29, 1.82) is 5.26 Å². The van der Waals surface area contributed by atoms with Crippen molar-refractivity contribution in [3.8, 4) is 6.07 Å². The summed E-state index contributed by atoms with van der Waals surface area (Å²) in [4.78, 5) is 21.5. The molecule has 56 valence electrons. The summed E-state index contributed by atoms with van der Waals surface area (Å²) in [7, 11) is 0. The van der Waals surface area contributed by atoms with Gasteiger partial charge < -0.3 is 10.6 Å². The fourth-order valence-electron chi connectivity index (χ4n) is 0.636. The number of nitrogens with one attached hydrogen (secondary N) is 2. The molecule has 0 aromatic rings. The minimum absolute atomic E-state index is 0.0495. The van der Waals surface area contributed by atoms with Crippen molar-refractivity contribution in [2.75, 3.05) is 0 Å². The molecule has 1 saturated heterocycles. The van der Waals surface area contributed by atoms with E-state index < -0.39 is 17.7 Å². The zero-order valence-electron chi connectivity index (χ0n) is 5.25. The van der Waals surface area contributed by atoms with Gasteiger partial charge in [-0.05, 0) is 12.2 Å². The van der Waals surface area contributed by atoms with Gasteiger partial charge in [0, 0.05) is 0 Å². The lowest BCUT2D eigenvalue weighted by Crippen LogP contribution is -2.55. The molecule has 5 nitrogen and oxygen atoms in total. The van der Waals surface area contributed by atoms with Gasteiger partial charge in [0.2, 0.25) is 5.92 Å². The van der Waals surface area contributed by atoms with E-state index >= 15 is 0 Å². The molecule has 0 radical (unpaired) electrons. The Bertz CT molecular complexity index is 260. The molecule has 0 atom stereocenters. The van der Waals surface area contributed by atoms with Gasteiger partial charge in [-0.1, -0.05) is 0 Å². The van der Waals surface area contributed by atoms with Crippen molar-refractivity contribution in [2.45, 2.75) is 0 Å². The van der Waals surface area contributed by atoms with Crippen molar-refractivity contribution in [3.05, 3.63) is 0 Å². The summed E-state index contributed by atoms with van der Waals surface area (Å²) in [5.41, 5.74) is 0. The average Bonchev–Trinajstić information content (AvgIpc) is 1.85. The van der Waals surface area contributed by atoms with E-state index in [1.165, 1.54) is 0 Å². The molecular weight excluding hydrogens is 166 g/mol. The number of hydrogen-bond donors (Lipinski definition) is 2. The van der Waals surface area contributed by atoms with Crippen LogP contribution >= 0.6 is 12.2 Å². The summed E-state index contributed by atoms with van der Waals surface area (Å²) < 4.78 is 0. The van der Waals surface area contributed by atoms with Gasteiger partial charge in [0.25, 0.3) is 11.8 Å². The Kier molecular flexibility index (Phi) is 1.83. The summed E-state index contributed by atoms with van der Waals surface area (Å²) in [6.45, 7) is 0. The van der Waals surface area contributed by atoms with Crippen LogP contribution in [0.2, 0.25) is 0 Å². The lowest BCUT2D eigenvalue weighted by atomic mass is 10.1. The highest BCUT2D eigenvalue weighted by atomic mass is 32.1. The third-order valence-corrected chi connectivity index (χ3v) is 1.33. The highest BCUT2D eigenvalue weighted by Crippen LogP contribution is 1.98.